The SMILES string of the molecule is CCNC(c1ccc2c(c1)CCC2)c1cc(F)ccc1Cl. The van der Waals surface area contributed by atoms with Crippen molar-refractivity contribution in [1.29, 1.82) is 0 Å². The Morgan fingerprint density at radius 3 is 2.76 bits per heavy atom. The van der Waals surface area contributed by atoms with Crippen LogP contribution in [0, 0.1) is 5.82 Å². The first-order chi connectivity index (χ1) is 10.2. The third-order valence-corrected chi connectivity index (χ3v) is 4.48. The van der Waals surface area contributed by atoms with E-state index in [9.17, 15) is 4.39 Å². The summed E-state index contributed by atoms with van der Waals surface area (Å²) >= 11 is 6.29. The van der Waals surface area contributed by atoms with Crippen LogP contribution in [0.25, 0.3) is 0 Å². The van der Waals surface area contributed by atoms with Gasteiger partial charge in [0, 0.05) is 5.02 Å². The highest BCUT2D eigenvalue weighted by atomic mass is 35.5. The average Bonchev–Trinajstić information content (AvgIpc) is 2.95. The zero-order chi connectivity index (χ0) is 14.8. The van der Waals surface area contributed by atoms with E-state index in [4.69, 9.17) is 11.6 Å². The van der Waals surface area contributed by atoms with Gasteiger partial charge in [0.2, 0.25) is 0 Å². The summed E-state index contributed by atoms with van der Waals surface area (Å²) in [5.41, 5.74) is 4.82. The van der Waals surface area contributed by atoms with Crippen molar-refractivity contribution in [2.24, 2.45) is 0 Å². The lowest BCUT2D eigenvalue weighted by atomic mass is 9.95. The van der Waals surface area contributed by atoms with Crippen molar-refractivity contribution in [1.82, 2.24) is 5.32 Å². The molecule has 0 amide bonds. The molecule has 0 radical (unpaired) electrons. The van der Waals surface area contributed by atoms with Gasteiger partial charge < -0.3 is 5.32 Å². The van der Waals surface area contributed by atoms with Gasteiger partial charge in [0.25, 0.3) is 0 Å². The van der Waals surface area contributed by atoms with Gasteiger partial charge in [0.1, 0.15) is 5.82 Å². The molecule has 0 heterocycles. The molecule has 1 aliphatic rings. The Morgan fingerprint density at radius 1 is 1.14 bits per heavy atom. The van der Waals surface area contributed by atoms with E-state index in [1.54, 1.807) is 6.07 Å². The smallest absolute Gasteiger partial charge is 0.123 e. The fourth-order valence-corrected chi connectivity index (χ4v) is 3.35. The first-order valence-electron chi connectivity index (χ1n) is 7.49. The number of benzene rings is 2. The van der Waals surface area contributed by atoms with E-state index >= 15 is 0 Å². The standard InChI is InChI=1S/C18H19ClFN/c1-2-21-18(16-11-15(20)8-9-17(16)19)14-7-6-12-4-3-5-13(12)10-14/h6-11,18,21H,2-5H2,1H3. The van der Waals surface area contributed by atoms with Crippen molar-refractivity contribution in [3.05, 3.63) is 69.5 Å². The van der Waals surface area contributed by atoms with E-state index in [1.165, 1.54) is 36.1 Å². The molecule has 0 bridgehead atoms. The number of hydrogen-bond acceptors (Lipinski definition) is 1. The lowest BCUT2D eigenvalue weighted by molar-refractivity contribution is 0.603. The van der Waals surface area contributed by atoms with Crippen LogP contribution in [0.2, 0.25) is 5.02 Å². The fraction of sp³-hybridized carbons (Fsp3) is 0.333. The topological polar surface area (TPSA) is 12.0 Å². The van der Waals surface area contributed by atoms with Crippen LogP contribution in [-0.4, -0.2) is 6.54 Å². The highest BCUT2D eigenvalue weighted by Gasteiger charge is 2.19. The molecule has 0 saturated carbocycles. The molecular weight excluding hydrogens is 285 g/mol. The molecule has 1 N–H and O–H groups in total. The summed E-state index contributed by atoms with van der Waals surface area (Å²) in [7, 11) is 0. The average molecular weight is 304 g/mol. The summed E-state index contributed by atoms with van der Waals surface area (Å²) in [4.78, 5) is 0. The molecule has 1 unspecified atom stereocenters. The second kappa shape index (κ2) is 6.17. The minimum absolute atomic E-state index is 0.0656. The molecule has 2 aromatic carbocycles. The van der Waals surface area contributed by atoms with Crippen LogP contribution in [0.15, 0.2) is 36.4 Å². The van der Waals surface area contributed by atoms with Gasteiger partial charge in [-0.2, -0.15) is 0 Å². The van der Waals surface area contributed by atoms with Crippen molar-refractivity contribution in [2.45, 2.75) is 32.2 Å². The largest absolute Gasteiger partial charge is 0.306 e. The summed E-state index contributed by atoms with van der Waals surface area (Å²) in [5.74, 6) is -0.251. The second-order valence-corrected chi connectivity index (χ2v) is 5.95. The monoisotopic (exact) mass is 303 g/mol. The summed E-state index contributed by atoms with van der Waals surface area (Å²) in [5, 5.41) is 4.02. The van der Waals surface area contributed by atoms with Gasteiger partial charge in [-0.15, -0.1) is 0 Å². The van der Waals surface area contributed by atoms with Gasteiger partial charge in [-0.1, -0.05) is 36.7 Å². The molecule has 2 aromatic rings. The number of nitrogens with one attached hydrogen (secondary N) is 1. The van der Waals surface area contributed by atoms with Crippen molar-refractivity contribution in [3.8, 4) is 0 Å². The normalized spacial score (nSPS) is 15.0. The Balaban J connectivity index is 2.03. The Hall–Kier alpha value is -1.38. The zero-order valence-corrected chi connectivity index (χ0v) is 12.9. The quantitative estimate of drug-likeness (QED) is 0.865. The van der Waals surface area contributed by atoms with Crippen molar-refractivity contribution < 1.29 is 4.39 Å². The number of hydrogen-bond donors (Lipinski definition) is 1. The van der Waals surface area contributed by atoms with E-state index < -0.39 is 0 Å². The molecule has 21 heavy (non-hydrogen) atoms. The lowest BCUT2D eigenvalue weighted by Crippen LogP contribution is -2.22. The molecule has 0 aliphatic heterocycles. The minimum atomic E-state index is -0.251. The maximum atomic E-state index is 13.6. The molecule has 1 atom stereocenters. The number of aryl methyl sites for hydroxylation is 2. The van der Waals surface area contributed by atoms with Gasteiger partial charge in [-0.05, 0) is 66.3 Å². The Kier molecular flexibility index (Phi) is 4.27. The molecule has 0 spiro atoms. The van der Waals surface area contributed by atoms with E-state index in [1.807, 2.05) is 6.92 Å². The van der Waals surface area contributed by atoms with E-state index in [-0.39, 0.29) is 11.9 Å². The first kappa shape index (κ1) is 14.6. The van der Waals surface area contributed by atoms with Gasteiger partial charge in [-0.25, -0.2) is 4.39 Å². The fourth-order valence-electron chi connectivity index (χ4n) is 3.12. The van der Waals surface area contributed by atoms with Crippen LogP contribution in [0.1, 0.15) is 41.6 Å². The van der Waals surface area contributed by atoms with Crippen LogP contribution >= 0.6 is 11.6 Å². The maximum Gasteiger partial charge on any atom is 0.123 e. The van der Waals surface area contributed by atoms with E-state index in [2.05, 4.69) is 23.5 Å². The second-order valence-electron chi connectivity index (χ2n) is 5.54. The highest BCUT2D eigenvalue weighted by Crippen LogP contribution is 2.32. The van der Waals surface area contributed by atoms with Crippen LogP contribution in [0.4, 0.5) is 4.39 Å². The summed E-state index contributed by atoms with van der Waals surface area (Å²) in [6, 6.07) is 11.1. The summed E-state index contributed by atoms with van der Waals surface area (Å²) < 4.78 is 13.6. The van der Waals surface area contributed by atoms with Crippen molar-refractivity contribution >= 4 is 11.6 Å². The predicted molar refractivity (Wildman–Crippen MR) is 85.4 cm³/mol. The molecule has 110 valence electrons. The summed E-state index contributed by atoms with van der Waals surface area (Å²) in [6.07, 6.45) is 3.53. The molecule has 1 aliphatic carbocycles. The molecule has 3 rings (SSSR count). The number of fused-ring (bicyclic) bond motifs is 1. The zero-order valence-electron chi connectivity index (χ0n) is 12.1. The van der Waals surface area contributed by atoms with Crippen molar-refractivity contribution in [2.75, 3.05) is 6.54 Å². The van der Waals surface area contributed by atoms with Gasteiger partial charge in [0.05, 0.1) is 6.04 Å². The van der Waals surface area contributed by atoms with E-state index in [0.29, 0.717) is 5.02 Å². The third-order valence-electron chi connectivity index (χ3n) is 4.13. The molecule has 3 heteroatoms. The third kappa shape index (κ3) is 2.97. The van der Waals surface area contributed by atoms with E-state index in [0.717, 1.165) is 24.1 Å². The Labute approximate surface area is 130 Å². The van der Waals surface area contributed by atoms with Crippen LogP contribution < -0.4 is 5.32 Å². The maximum absolute atomic E-state index is 13.6. The van der Waals surface area contributed by atoms with Crippen LogP contribution in [0.5, 0.6) is 0 Å². The first-order valence-corrected chi connectivity index (χ1v) is 7.87. The van der Waals surface area contributed by atoms with Gasteiger partial charge in [-0.3, -0.25) is 0 Å². The van der Waals surface area contributed by atoms with Crippen LogP contribution in [-0.2, 0) is 12.8 Å². The summed E-state index contributed by atoms with van der Waals surface area (Å²) in [6.45, 7) is 2.85. The number of rotatable bonds is 4. The molecular formula is C18H19ClFN. The molecule has 0 saturated heterocycles. The molecule has 1 nitrogen and oxygen atoms in total. The van der Waals surface area contributed by atoms with Gasteiger partial charge >= 0.3 is 0 Å². The number of halogens is 2. The van der Waals surface area contributed by atoms with Crippen molar-refractivity contribution in [3.63, 3.8) is 0 Å². The molecule has 0 fully saturated rings. The highest BCUT2D eigenvalue weighted by molar-refractivity contribution is 6.31. The predicted octanol–water partition coefficient (Wildman–Crippen LogP) is 4.67. The minimum Gasteiger partial charge on any atom is -0.306 e. The van der Waals surface area contributed by atoms with Gasteiger partial charge in [0.15, 0.2) is 0 Å². The van der Waals surface area contributed by atoms with Crippen LogP contribution in [0.3, 0.4) is 0 Å². The Bertz CT molecular complexity index is 654. The lowest BCUT2D eigenvalue weighted by Gasteiger charge is -2.21. The Morgan fingerprint density at radius 2 is 1.95 bits per heavy atom. The molecule has 0 aromatic heterocycles.